The molecule has 0 fully saturated rings. The first kappa shape index (κ1) is 12.3. The molecule has 1 N–H and O–H groups in total. The Morgan fingerprint density at radius 2 is 2.12 bits per heavy atom. The smallest absolute Gasteiger partial charge is 0.123 e. The molecule has 0 saturated carbocycles. The summed E-state index contributed by atoms with van der Waals surface area (Å²) >= 11 is 0. The highest BCUT2D eigenvalue weighted by Gasteiger charge is 2.13. The molecule has 0 heterocycles. The van der Waals surface area contributed by atoms with Crippen molar-refractivity contribution in [1.82, 2.24) is 0 Å². The van der Waals surface area contributed by atoms with Crippen molar-refractivity contribution in [2.75, 3.05) is 0 Å². The molecule has 0 spiro atoms. The number of hydrogen-bond acceptors (Lipinski definition) is 1. The van der Waals surface area contributed by atoms with Crippen LogP contribution >= 0.6 is 0 Å². The molecule has 1 unspecified atom stereocenters. The molecule has 0 aliphatic heterocycles. The molecular formula is C15H19FO. The summed E-state index contributed by atoms with van der Waals surface area (Å²) in [7, 11) is 0. The van der Waals surface area contributed by atoms with Crippen LogP contribution < -0.4 is 0 Å². The van der Waals surface area contributed by atoms with Crippen LogP contribution in [0.3, 0.4) is 0 Å². The second kappa shape index (κ2) is 5.46. The lowest BCUT2D eigenvalue weighted by Gasteiger charge is -2.17. The number of benzene rings is 1. The van der Waals surface area contributed by atoms with Gasteiger partial charge < -0.3 is 5.11 Å². The highest BCUT2D eigenvalue weighted by molar-refractivity contribution is 5.26. The van der Waals surface area contributed by atoms with E-state index in [1.807, 2.05) is 13.0 Å². The lowest BCUT2D eigenvalue weighted by molar-refractivity contribution is 0.176. The number of hydrogen-bond donors (Lipinski definition) is 1. The molecule has 1 aliphatic rings. The van der Waals surface area contributed by atoms with Gasteiger partial charge in [0.05, 0.1) is 6.10 Å². The molecule has 1 aromatic carbocycles. The predicted molar refractivity (Wildman–Crippen MR) is 67.3 cm³/mol. The molecule has 0 saturated heterocycles. The van der Waals surface area contributed by atoms with Crippen LogP contribution in [0.4, 0.5) is 4.39 Å². The van der Waals surface area contributed by atoms with Crippen molar-refractivity contribution in [1.29, 1.82) is 0 Å². The predicted octanol–water partition coefficient (Wildman–Crippen LogP) is 4.06. The van der Waals surface area contributed by atoms with E-state index in [1.165, 1.54) is 30.5 Å². The van der Waals surface area contributed by atoms with Crippen LogP contribution in [0.1, 0.15) is 49.3 Å². The summed E-state index contributed by atoms with van der Waals surface area (Å²) < 4.78 is 13.2. The van der Waals surface area contributed by atoms with E-state index in [0.717, 1.165) is 18.4 Å². The Kier molecular flexibility index (Phi) is 3.95. The number of aliphatic hydroxyl groups excluding tert-OH is 1. The Bertz CT molecular complexity index is 403. The zero-order chi connectivity index (χ0) is 12.3. The van der Waals surface area contributed by atoms with Crippen LogP contribution in [0.15, 0.2) is 29.8 Å². The van der Waals surface area contributed by atoms with Gasteiger partial charge in [-0.15, -0.1) is 0 Å². The van der Waals surface area contributed by atoms with Crippen molar-refractivity contribution in [2.24, 2.45) is 0 Å². The molecule has 17 heavy (non-hydrogen) atoms. The third kappa shape index (κ3) is 3.40. The normalized spacial score (nSPS) is 17.7. The van der Waals surface area contributed by atoms with E-state index in [-0.39, 0.29) is 5.82 Å². The maximum absolute atomic E-state index is 13.2. The average molecular weight is 234 g/mol. The second-order valence-corrected chi connectivity index (χ2v) is 4.89. The van der Waals surface area contributed by atoms with E-state index in [0.29, 0.717) is 12.0 Å². The van der Waals surface area contributed by atoms with E-state index in [1.54, 1.807) is 0 Å². The van der Waals surface area contributed by atoms with Gasteiger partial charge in [0, 0.05) is 0 Å². The fourth-order valence-electron chi connectivity index (χ4n) is 2.41. The summed E-state index contributed by atoms with van der Waals surface area (Å²) in [6.07, 6.45) is 6.94. The van der Waals surface area contributed by atoms with Crippen molar-refractivity contribution in [3.63, 3.8) is 0 Å². The van der Waals surface area contributed by atoms with Crippen molar-refractivity contribution in [3.8, 4) is 0 Å². The maximum Gasteiger partial charge on any atom is 0.123 e. The number of aliphatic hydroxyl groups is 1. The molecule has 0 radical (unpaired) electrons. The first-order valence-corrected chi connectivity index (χ1v) is 6.28. The van der Waals surface area contributed by atoms with Gasteiger partial charge in [0.15, 0.2) is 0 Å². The van der Waals surface area contributed by atoms with E-state index >= 15 is 0 Å². The fourth-order valence-corrected chi connectivity index (χ4v) is 2.41. The molecule has 92 valence electrons. The summed E-state index contributed by atoms with van der Waals surface area (Å²) in [5.74, 6) is -0.267. The maximum atomic E-state index is 13.2. The number of halogens is 1. The van der Waals surface area contributed by atoms with E-state index < -0.39 is 6.10 Å². The molecular weight excluding hydrogens is 215 g/mol. The van der Waals surface area contributed by atoms with Gasteiger partial charge >= 0.3 is 0 Å². The summed E-state index contributed by atoms with van der Waals surface area (Å²) in [5, 5.41) is 10.1. The Labute approximate surface area is 102 Å². The molecule has 1 aliphatic carbocycles. The van der Waals surface area contributed by atoms with Gasteiger partial charge in [-0.3, -0.25) is 0 Å². The second-order valence-electron chi connectivity index (χ2n) is 4.89. The fraction of sp³-hybridized carbons (Fsp3) is 0.467. The van der Waals surface area contributed by atoms with Crippen molar-refractivity contribution >= 4 is 0 Å². The van der Waals surface area contributed by atoms with Crippen LogP contribution in [0, 0.1) is 12.7 Å². The SMILES string of the molecule is Cc1cc(F)cc(C(O)CC2=CCCCC2)c1. The monoisotopic (exact) mass is 234 g/mol. The van der Waals surface area contributed by atoms with Gasteiger partial charge in [-0.1, -0.05) is 17.7 Å². The average Bonchev–Trinajstić information content (AvgIpc) is 2.29. The van der Waals surface area contributed by atoms with Crippen molar-refractivity contribution in [3.05, 3.63) is 46.8 Å². The van der Waals surface area contributed by atoms with Gasteiger partial charge in [0.25, 0.3) is 0 Å². The zero-order valence-corrected chi connectivity index (χ0v) is 10.2. The molecule has 2 rings (SSSR count). The van der Waals surface area contributed by atoms with Crippen LogP contribution in [0.25, 0.3) is 0 Å². The van der Waals surface area contributed by atoms with Gasteiger partial charge in [0.2, 0.25) is 0 Å². The number of rotatable bonds is 3. The minimum Gasteiger partial charge on any atom is -0.388 e. The quantitative estimate of drug-likeness (QED) is 0.782. The van der Waals surface area contributed by atoms with Crippen LogP contribution in [0.5, 0.6) is 0 Å². The molecule has 1 aromatic rings. The van der Waals surface area contributed by atoms with Gasteiger partial charge in [-0.25, -0.2) is 4.39 Å². The van der Waals surface area contributed by atoms with Gasteiger partial charge in [-0.2, -0.15) is 0 Å². The minimum atomic E-state index is -0.575. The molecule has 0 aromatic heterocycles. The zero-order valence-electron chi connectivity index (χ0n) is 10.2. The Morgan fingerprint density at radius 3 is 2.76 bits per heavy atom. The number of allylic oxidation sites excluding steroid dienone is 1. The summed E-state index contributed by atoms with van der Waals surface area (Å²) in [6, 6.07) is 4.77. The highest BCUT2D eigenvalue weighted by atomic mass is 19.1. The lowest BCUT2D eigenvalue weighted by Crippen LogP contribution is -2.02. The van der Waals surface area contributed by atoms with E-state index in [2.05, 4.69) is 6.08 Å². The molecule has 0 amide bonds. The van der Waals surface area contributed by atoms with Gasteiger partial charge in [0.1, 0.15) is 5.82 Å². The Balaban J connectivity index is 2.08. The Hall–Kier alpha value is -1.15. The van der Waals surface area contributed by atoms with E-state index in [4.69, 9.17) is 0 Å². The topological polar surface area (TPSA) is 20.2 Å². The summed E-state index contributed by atoms with van der Waals surface area (Å²) in [5.41, 5.74) is 2.86. The third-order valence-electron chi connectivity index (χ3n) is 3.29. The summed E-state index contributed by atoms with van der Waals surface area (Å²) in [4.78, 5) is 0. The summed E-state index contributed by atoms with van der Waals surface area (Å²) in [6.45, 7) is 1.85. The third-order valence-corrected chi connectivity index (χ3v) is 3.29. The molecule has 2 heteroatoms. The molecule has 1 atom stereocenters. The van der Waals surface area contributed by atoms with Crippen molar-refractivity contribution < 1.29 is 9.50 Å². The minimum absolute atomic E-state index is 0.267. The first-order valence-electron chi connectivity index (χ1n) is 6.28. The molecule has 0 bridgehead atoms. The van der Waals surface area contributed by atoms with Crippen LogP contribution in [0.2, 0.25) is 0 Å². The standard InChI is InChI=1S/C15H19FO/c1-11-7-13(10-14(16)8-11)15(17)9-12-5-3-2-4-6-12/h5,7-8,10,15,17H,2-4,6,9H2,1H3. The largest absolute Gasteiger partial charge is 0.388 e. The molecule has 1 nitrogen and oxygen atoms in total. The Morgan fingerprint density at radius 1 is 1.29 bits per heavy atom. The number of aryl methyl sites for hydroxylation is 1. The highest BCUT2D eigenvalue weighted by Crippen LogP contribution is 2.28. The van der Waals surface area contributed by atoms with Crippen LogP contribution in [-0.4, -0.2) is 5.11 Å². The van der Waals surface area contributed by atoms with Crippen molar-refractivity contribution in [2.45, 2.75) is 45.1 Å². The lowest BCUT2D eigenvalue weighted by atomic mass is 9.92. The first-order chi connectivity index (χ1) is 8.15. The van der Waals surface area contributed by atoms with E-state index in [9.17, 15) is 9.50 Å². The van der Waals surface area contributed by atoms with Crippen LogP contribution in [-0.2, 0) is 0 Å². The van der Waals surface area contributed by atoms with Gasteiger partial charge in [-0.05, 0) is 62.3 Å².